The highest BCUT2D eigenvalue weighted by Gasteiger charge is 2.28. The van der Waals surface area contributed by atoms with Gasteiger partial charge in [0.1, 0.15) is 26.4 Å². The average Bonchev–Trinajstić information content (AvgIpc) is 3.45. The minimum Gasteiger partial charge on any atom is -0.345 e. The summed E-state index contributed by atoms with van der Waals surface area (Å²) in [4.78, 5) is 19.6. The lowest BCUT2D eigenvalue weighted by Crippen LogP contribution is -2.27. The molecule has 170 valence electrons. The lowest BCUT2D eigenvalue weighted by atomic mass is 10.3. The summed E-state index contributed by atoms with van der Waals surface area (Å²) in [6, 6.07) is 4.06. The number of halogens is 2. The fourth-order valence-electron chi connectivity index (χ4n) is 3.69. The molecule has 1 saturated heterocycles. The standard InChI is InChI=1S/C21H22F2N4O3S2/c1-12-19(21(28)27-8-4-5-9-27)31-20(24-12)17-11-18(13(2)26(17)3)32(29,30)25-16-7-6-14(22)10-15(16)23/h6-7,10-11,25H,4-5,8-9H2,1-3H3. The summed E-state index contributed by atoms with van der Waals surface area (Å²) in [6.45, 7) is 4.83. The summed E-state index contributed by atoms with van der Waals surface area (Å²) in [7, 11) is -2.46. The van der Waals surface area contributed by atoms with E-state index in [9.17, 15) is 22.0 Å². The summed E-state index contributed by atoms with van der Waals surface area (Å²) in [5.74, 6) is -1.87. The van der Waals surface area contributed by atoms with Crippen LogP contribution in [-0.4, -0.2) is 41.9 Å². The minimum absolute atomic E-state index is 0.0565. The van der Waals surface area contributed by atoms with E-state index in [-0.39, 0.29) is 16.5 Å². The molecule has 32 heavy (non-hydrogen) atoms. The van der Waals surface area contributed by atoms with Crippen molar-refractivity contribution < 1.29 is 22.0 Å². The molecule has 4 rings (SSSR count). The Labute approximate surface area is 188 Å². The number of nitrogens with zero attached hydrogens (tertiary/aromatic N) is 3. The third kappa shape index (κ3) is 4.02. The number of aromatic nitrogens is 2. The Hall–Kier alpha value is -2.79. The number of nitrogens with one attached hydrogen (secondary N) is 1. The quantitative estimate of drug-likeness (QED) is 0.596. The van der Waals surface area contributed by atoms with Gasteiger partial charge in [0.2, 0.25) is 0 Å². The zero-order chi connectivity index (χ0) is 23.2. The fourth-order valence-corrected chi connectivity index (χ4v) is 6.13. The molecular weight excluding hydrogens is 458 g/mol. The highest BCUT2D eigenvalue weighted by atomic mass is 32.2. The molecule has 3 heterocycles. The summed E-state index contributed by atoms with van der Waals surface area (Å²) in [5, 5.41) is 0.519. The highest BCUT2D eigenvalue weighted by molar-refractivity contribution is 7.92. The Morgan fingerprint density at radius 3 is 2.50 bits per heavy atom. The predicted octanol–water partition coefficient (Wildman–Crippen LogP) is 4.08. The molecule has 2 aromatic heterocycles. The summed E-state index contributed by atoms with van der Waals surface area (Å²) in [5.41, 5.74) is 1.18. The first kappa shape index (κ1) is 22.4. The number of hydrogen-bond donors (Lipinski definition) is 1. The van der Waals surface area contributed by atoms with Gasteiger partial charge in [-0.3, -0.25) is 9.52 Å². The van der Waals surface area contributed by atoms with Crippen LogP contribution < -0.4 is 4.72 Å². The third-order valence-electron chi connectivity index (χ3n) is 5.56. The van der Waals surface area contributed by atoms with E-state index in [0.717, 1.165) is 38.1 Å². The number of sulfonamides is 1. The van der Waals surface area contributed by atoms with Gasteiger partial charge in [-0.1, -0.05) is 0 Å². The Bertz CT molecular complexity index is 1310. The largest absolute Gasteiger partial charge is 0.345 e. The van der Waals surface area contributed by atoms with Crippen molar-refractivity contribution >= 4 is 33.0 Å². The number of carbonyl (C=O) groups excluding carboxylic acids is 1. The van der Waals surface area contributed by atoms with Gasteiger partial charge in [-0.15, -0.1) is 11.3 Å². The lowest BCUT2D eigenvalue weighted by molar-refractivity contribution is 0.0796. The normalized spacial score (nSPS) is 14.2. The summed E-state index contributed by atoms with van der Waals surface area (Å²) >= 11 is 1.22. The molecule has 1 aromatic carbocycles. The smallest absolute Gasteiger partial charge is 0.265 e. The van der Waals surface area contributed by atoms with Crippen LogP contribution in [0.25, 0.3) is 10.7 Å². The van der Waals surface area contributed by atoms with Crippen LogP contribution in [0.1, 0.15) is 33.9 Å². The maximum absolute atomic E-state index is 14.0. The number of hydrogen-bond acceptors (Lipinski definition) is 5. The molecule has 1 N–H and O–H groups in total. The number of rotatable bonds is 5. The van der Waals surface area contributed by atoms with Gasteiger partial charge in [-0.2, -0.15) is 0 Å². The van der Waals surface area contributed by atoms with E-state index in [1.807, 2.05) is 0 Å². The highest BCUT2D eigenvalue weighted by Crippen LogP contribution is 2.34. The summed E-state index contributed by atoms with van der Waals surface area (Å²) < 4.78 is 56.9. The molecule has 1 fully saturated rings. The van der Waals surface area contributed by atoms with Crippen LogP contribution in [0.3, 0.4) is 0 Å². The van der Waals surface area contributed by atoms with Gasteiger partial charge in [0.25, 0.3) is 15.9 Å². The van der Waals surface area contributed by atoms with Crippen molar-refractivity contribution in [2.45, 2.75) is 31.6 Å². The minimum atomic E-state index is -4.15. The van der Waals surface area contributed by atoms with Crippen molar-refractivity contribution in [1.82, 2.24) is 14.5 Å². The number of likely N-dealkylation sites (tertiary alicyclic amines) is 1. The average molecular weight is 481 g/mol. The Morgan fingerprint density at radius 2 is 1.84 bits per heavy atom. The predicted molar refractivity (Wildman–Crippen MR) is 118 cm³/mol. The van der Waals surface area contributed by atoms with Crippen LogP contribution in [0.15, 0.2) is 29.2 Å². The van der Waals surface area contributed by atoms with Crippen LogP contribution in [0.4, 0.5) is 14.5 Å². The van der Waals surface area contributed by atoms with E-state index < -0.39 is 21.7 Å². The van der Waals surface area contributed by atoms with Crippen molar-refractivity contribution in [3.8, 4) is 10.7 Å². The molecule has 1 aliphatic rings. The van der Waals surface area contributed by atoms with E-state index in [4.69, 9.17) is 0 Å². The molecule has 0 unspecified atom stereocenters. The second kappa shape index (κ2) is 8.28. The zero-order valence-corrected chi connectivity index (χ0v) is 19.4. The van der Waals surface area contributed by atoms with Gasteiger partial charge in [0.05, 0.1) is 17.1 Å². The van der Waals surface area contributed by atoms with Crippen LogP contribution in [0, 0.1) is 25.5 Å². The lowest BCUT2D eigenvalue weighted by Gasteiger charge is -2.13. The van der Waals surface area contributed by atoms with Gasteiger partial charge >= 0.3 is 0 Å². The van der Waals surface area contributed by atoms with Crippen molar-refractivity contribution in [3.05, 3.63) is 52.2 Å². The molecule has 3 aromatic rings. The topological polar surface area (TPSA) is 84.3 Å². The first-order valence-corrected chi connectivity index (χ1v) is 12.3. The molecule has 0 aliphatic carbocycles. The van der Waals surface area contributed by atoms with Crippen molar-refractivity contribution in [1.29, 1.82) is 0 Å². The molecule has 11 heteroatoms. The molecule has 1 amide bonds. The van der Waals surface area contributed by atoms with E-state index in [2.05, 4.69) is 9.71 Å². The van der Waals surface area contributed by atoms with E-state index in [1.54, 1.807) is 30.4 Å². The molecular formula is C21H22F2N4O3S2. The third-order valence-corrected chi connectivity index (χ3v) is 8.21. The van der Waals surface area contributed by atoms with Crippen LogP contribution in [-0.2, 0) is 17.1 Å². The maximum atomic E-state index is 14.0. The second-order valence-corrected chi connectivity index (χ2v) is 10.4. The first-order chi connectivity index (χ1) is 15.1. The number of amides is 1. The van der Waals surface area contributed by atoms with Gasteiger partial charge in [-0.05, 0) is 44.9 Å². The van der Waals surface area contributed by atoms with Gasteiger partial charge in [0, 0.05) is 31.9 Å². The molecule has 0 spiro atoms. The number of benzene rings is 1. The van der Waals surface area contributed by atoms with Crippen LogP contribution >= 0.6 is 11.3 Å². The van der Waals surface area contributed by atoms with Crippen molar-refractivity contribution in [2.75, 3.05) is 17.8 Å². The first-order valence-electron chi connectivity index (χ1n) is 10.00. The van der Waals surface area contributed by atoms with E-state index in [0.29, 0.717) is 33.0 Å². The molecule has 0 radical (unpaired) electrons. The van der Waals surface area contributed by atoms with Crippen molar-refractivity contribution in [3.63, 3.8) is 0 Å². The van der Waals surface area contributed by atoms with E-state index in [1.165, 1.54) is 17.4 Å². The Kier molecular flexibility index (Phi) is 5.80. The SMILES string of the molecule is Cc1nc(-c2cc(S(=O)(=O)Nc3ccc(F)cc3F)c(C)n2C)sc1C(=O)N1CCCC1. The number of thiazole rings is 1. The molecule has 0 saturated carbocycles. The molecule has 7 nitrogen and oxygen atoms in total. The van der Waals surface area contributed by atoms with Crippen LogP contribution in [0.5, 0.6) is 0 Å². The Morgan fingerprint density at radius 1 is 1.16 bits per heavy atom. The second-order valence-electron chi connectivity index (χ2n) is 7.70. The summed E-state index contributed by atoms with van der Waals surface area (Å²) in [6.07, 6.45) is 1.96. The molecule has 0 bridgehead atoms. The fraction of sp³-hybridized carbons (Fsp3) is 0.333. The van der Waals surface area contributed by atoms with Gasteiger partial charge in [0.15, 0.2) is 0 Å². The monoisotopic (exact) mass is 480 g/mol. The zero-order valence-electron chi connectivity index (χ0n) is 17.8. The molecule has 0 atom stereocenters. The van der Waals surface area contributed by atoms with E-state index >= 15 is 0 Å². The number of carbonyl (C=O) groups is 1. The Balaban J connectivity index is 1.68. The number of aryl methyl sites for hydroxylation is 1. The molecule has 1 aliphatic heterocycles. The van der Waals surface area contributed by atoms with Crippen LogP contribution in [0.2, 0.25) is 0 Å². The van der Waals surface area contributed by atoms with Gasteiger partial charge in [-0.25, -0.2) is 22.2 Å². The van der Waals surface area contributed by atoms with Crippen molar-refractivity contribution in [2.24, 2.45) is 7.05 Å². The number of anilines is 1. The maximum Gasteiger partial charge on any atom is 0.265 e. The van der Waals surface area contributed by atoms with Gasteiger partial charge < -0.3 is 9.47 Å².